The molecule has 1 aliphatic carbocycles. The molecular formula is C28H24Cl2N2O2. The predicted octanol–water partition coefficient (Wildman–Crippen LogP) is 6.53. The summed E-state index contributed by atoms with van der Waals surface area (Å²) in [5.41, 5.74) is 3.53. The van der Waals surface area contributed by atoms with E-state index < -0.39 is 6.10 Å². The Morgan fingerprint density at radius 1 is 0.882 bits per heavy atom. The maximum atomic E-state index is 13.8. The van der Waals surface area contributed by atoms with E-state index in [4.69, 9.17) is 33.2 Å². The number of hydrogen-bond acceptors (Lipinski definition) is 3. The van der Waals surface area contributed by atoms with Crippen LogP contribution in [0.3, 0.4) is 0 Å². The lowest BCUT2D eigenvalue weighted by molar-refractivity contribution is -0.174. The number of carbonyl (C=O) groups is 1. The van der Waals surface area contributed by atoms with Gasteiger partial charge < -0.3 is 9.64 Å². The second-order valence-corrected chi connectivity index (χ2v) is 9.91. The van der Waals surface area contributed by atoms with Gasteiger partial charge in [-0.05, 0) is 71.8 Å². The van der Waals surface area contributed by atoms with Crippen LogP contribution in [0.25, 0.3) is 0 Å². The molecule has 0 unspecified atom stereocenters. The molecule has 3 atom stereocenters. The number of nitriles is 1. The summed E-state index contributed by atoms with van der Waals surface area (Å²) in [5.74, 6) is 0.528. The van der Waals surface area contributed by atoms with Crippen LogP contribution in [0, 0.1) is 17.2 Å². The molecule has 3 aromatic carbocycles. The molecule has 5 rings (SSSR count). The molecule has 1 saturated carbocycles. The molecule has 2 fully saturated rings. The second kappa shape index (κ2) is 9.80. The normalized spacial score (nSPS) is 22.4. The van der Waals surface area contributed by atoms with Gasteiger partial charge >= 0.3 is 0 Å². The van der Waals surface area contributed by atoms with Gasteiger partial charge in [0.05, 0.1) is 17.7 Å². The Morgan fingerprint density at radius 3 is 2.03 bits per heavy atom. The Kier molecular flexibility index (Phi) is 6.61. The fourth-order valence-electron chi connectivity index (χ4n) is 4.57. The van der Waals surface area contributed by atoms with Crippen LogP contribution < -0.4 is 0 Å². The molecule has 1 amide bonds. The molecule has 4 nitrogen and oxygen atoms in total. The number of ether oxygens (including phenoxy) is 1. The summed E-state index contributed by atoms with van der Waals surface area (Å²) in [7, 11) is 0. The SMILES string of the molecule is N#Cc1ccc(C[C@H]2O[C@H](c3ccc(Cl)cc3)[C@H](c3ccc(Cl)cc3)N(CC3CC3)C2=O)cc1. The molecule has 0 bridgehead atoms. The average molecular weight is 491 g/mol. The van der Waals surface area contributed by atoms with Gasteiger partial charge in [-0.25, -0.2) is 0 Å². The molecule has 3 aromatic rings. The van der Waals surface area contributed by atoms with Gasteiger partial charge in [0.25, 0.3) is 5.91 Å². The van der Waals surface area contributed by atoms with Crippen molar-refractivity contribution < 1.29 is 9.53 Å². The first-order chi connectivity index (χ1) is 16.5. The van der Waals surface area contributed by atoms with Crippen molar-refractivity contribution in [1.82, 2.24) is 4.90 Å². The highest BCUT2D eigenvalue weighted by Crippen LogP contribution is 2.45. The monoisotopic (exact) mass is 490 g/mol. The molecule has 1 heterocycles. The van der Waals surface area contributed by atoms with Crippen LogP contribution in [0.2, 0.25) is 10.0 Å². The van der Waals surface area contributed by atoms with Crippen LogP contribution in [-0.4, -0.2) is 23.5 Å². The highest BCUT2D eigenvalue weighted by atomic mass is 35.5. The molecule has 172 valence electrons. The zero-order chi connectivity index (χ0) is 23.7. The Bertz CT molecular complexity index is 1200. The predicted molar refractivity (Wildman–Crippen MR) is 133 cm³/mol. The zero-order valence-corrected chi connectivity index (χ0v) is 20.0. The van der Waals surface area contributed by atoms with Gasteiger partial charge in [-0.2, -0.15) is 5.26 Å². The van der Waals surface area contributed by atoms with E-state index in [9.17, 15) is 4.79 Å². The van der Waals surface area contributed by atoms with Crippen molar-refractivity contribution in [2.45, 2.75) is 37.5 Å². The van der Waals surface area contributed by atoms with Gasteiger partial charge in [-0.3, -0.25) is 4.79 Å². The number of rotatable bonds is 6. The lowest BCUT2D eigenvalue weighted by Gasteiger charge is -2.45. The van der Waals surface area contributed by atoms with Gasteiger partial charge in [0.2, 0.25) is 0 Å². The summed E-state index contributed by atoms with van der Waals surface area (Å²) in [6.45, 7) is 0.712. The van der Waals surface area contributed by atoms with Crippen LogP contribution in [0.4, 0.5) is 0 Å². The standard InChI is InChI=1S/C28H24Cl2N2O2/c29-23-11-7-21(8-12-23)26-27(22-9-13-24(30)14-10-22)34-25(28(33)32(26)17-20-5-6-20)15-18-1-3-19(16-31)4-2-18/h1-4,7-14,20,25-27H,5-6,15,17H2/t25-,26+,27-/m1/s1. The Labute approximate surface area is 209 Å². The Hall–Kier alpha value is -2.84. The van der Waals surface area contributed by atoms with E-state index >= 15 is 0 Å². The Balaban J connectivity index is 1.53. The molecule has 0 radical (unpaired) electrons. The molecule has 0 spiro atoms. The highest BCUT2D eigenvalue weighted by Gasteiger charge is 2.45. The summed E-state index contributed by atoms with van der Waals surface area (Å²) in [6.07, 6.45) is 1.77. The quantitative estimate of drug-likeness (QED) is 0.394. The van der Waals surface area contributed by atoms with E-state index in [0.29, 0.717) is 34.5 Å². The Morgan fingerprint density at radius 2 is 1.47 bits per heavy atom. The van der Waals surface area contributed by atoms with Crippen LogP contribution in [0.1, 0.15) is 47.2 Å². The van der Waals surface area contributed by atoms with Gasteiger partial charge in [-0.1, -0.05) is 59.6 Å². The van der Waals surface area contributed by atoms with Crippen molar-refractivity contribution in [2.24, 2.45) is 5.92 Å². The fourth-order valence-corrected chi connectivity index (χ4v) is 4.82. The van der Waals surface area contributed by atoms with Crippen molar-refractivity contribution in [2.75, 3.05) is 6.54 Å². The van der Waals surface area contributed by atoms with Crippen LogP contribution in [0.5, 0.6) is 0 Å². The van der Waals surface area contributed by atoms with Crippen LogP contribution in [0.15, 0.2) is 72.8 Å². The third-order valence-electron chi connectivity index (χ3n) is 6.56. The lowest BCUT2D eigenvalue weighted by atomic mass is 9.90. The first-order valence-corrected chi connectivity index (χ1v) is 12.2. The van der Waals surface area contributed by atoms with Gasteiger partial charge in [0.1, 0.15) is 12.2 Å². The van der Waals surface area contributed by atoms with E-state index in [-0.39, 0.29) is 18.1 Å². The first-order valence-electron chi connectivity index (χ1n) is 11.5. The number of amides is 1. The van der Waals surface area contributed by atoms with E-state index in [1.807, 2.05) is 65.6 Å². The number of morpholine rings is 1. The summed E-state index contributed by atoms with van der Waals surface area (Å²) < 4.78 is 6.58. The number of halogens is 2. The molecule has 0 N–H and O–H groups in total. The summed E-state index contributed by atoms with van der Waals surface area (Å²) in [5, 5.41) is 10.4. The molecule has 0 aromatic heterocycles. The van der Waals surface area contributed by atoms with Crippen molar-refractivity contribution in [1.29, 1.82) is 5.26 Å². The molecule has 2 aliphatic rings. The summed E-state index contributed by atoms with van der Waals surface area (Å²) >= 11 is 12.3. The van der Waals surface area contributed by atoms with Crippen molar-refractivity contribution in [3.8, 4) is 6.07 Å². The third-order valence-corrected chi connectivity index (χ3v) is 7.06. The third kappa shape index (κ3) is 4.98. The second-order valence-electron chi connectivity index (χ2n) is 9.04. The highest BCUT2D eigenvalue weighted by molar-refractivity contribution is 6.30. The van der Waals surface area contributed by atoms with Gasteiger partial charge in [0.15, 0.2) is 0 Å². The maximum Gasteiger partial charge on any atom is 0.252 e. The summed E-state index contributed by atoms with van der Waals surface area (Å²) in [4.78, 5) is 15.8. The van der Waals surface area contributed by atoms with E-state index in [2.05, 4.69) is 6.07 Å². The summed E-state index contributed by atoms with van der Waals surface area (Å²) in [6, 6.07) is 24.5. The lowest BCUT2D eigenvalue weighted by Crippen LogP contribution is -2.52. The molecular weight excluding hydrogens is 467 g/mol. The number of carbonyl (C=O) groups excluding carboxylic acids is 1. The van der Waals surface area contributed by atoms with E-state index in [0.717, 1.165) is 29.5 Å². The van der Waals surface area contributed by atoms with Crippen LogP contribution in [-0.2, 0) is 16.0 Å². The number of nitrogens with zero attached hydrogens (tertiary/aromatic N) is 2. The number of hydrogen-bond donors (Lipinski definition) is 0. The van der Waals surface area contributed by atoms with Crippen molar-refractivity contribution in [3.05, 3.63) is 105 Å². The first kappa shape index (κ1) is 22.9. The molecule has 6 heteroatoms. The van der Waals surface area contributed by atoms with Crippen molar-refractivity contribution in [3.63, 3.8) is 0 Å². The molecule has 1 aliphatic heterocycles. The minimum atomic E-state index is -0.615. The topological polar surface area (TPSA) is 53.3 Å². The molecule has 1 saturated heterocycles. The van der Waals surface area contributed by atoms with Crippen molar-refractivity contribution >= 4 is 29.1 Å². The van der Waals surface area contributed by atoms with Gasteiger partial charge in [0, 0.05) is 23.0 Å². The minimum absolute atomic E-state index is 0.00132. The fraction of sp³-hybridized carbons (Fsp3) is 0.286. The maximum absolute atomic E-state index is 13.8. The number of benzene rings is 3. The minimum Gasteiger partial charge on any atom is -0.358 e. The molecule has 34 heavy (non-hydrogen) atoms. The van der Waals surface area contributed by atoms with E-state index in [1.54, 1.807) is 12.1 Å². The van der Waals surface area contributed by atoms with Crippen LogP contribution >= 0.6 is 23.2 Å². The largest absolute Gasteiger partial charge is 0.358 e. The van der Waals surface area contributed by atoms with E-state index in [1.165, 1.54) is 0 Å². The zero-order valence-electron chi connectivity index (χ0n) is 18.5. The smallest absolute Gasteiger partial charge is 0.252 e. The average Bonchev–Trinajstić information content (AvgIpc) is 3.67. The van der Waals surface area contributed by atoms with Gasteiger partial charge in [-0.15, -0.1) is 0 Å².